The highest BCUT2D eigenvalue weighted by atomic mass is 16.4. The molecule has 0 unspecified atom stereocenters. The van der Waals surface area contributed by atoms with Crippen molar-refractivity contribution >= 4 is 11.7 Å². The highest BCUT2D eigenvalue weighted by Crippen LogP contribution is 2.22. The minimum Gasteiger partial charge on any atom is -0.409 e. The second kappa shape index (κ2) is 5.49. The Hall–Kier alpha value is -2.09. The van der Waals surface area contributed by atoms with Crippen LogP contribution >= 0.6 is 0 Å². The number of oxime groups is 1. The van der Waals surface area contributed by atoms with Gasteiger partial charge in [0.1, 0.15) is 11.2 Å². The summed E-state index contributed by atoms with van der Waals surface area (Å²) in [7, 11) is 3.74. The number of nitrogens with zero attached hydrogens (tertiary/aromatic N) is 4. The summed E-state index contributed by atoms with van der Waals surface area (Å²) in [5.41, 5.74) is 5.45. The summed E-state index contributed by atoms with van der Waals surface area (Å²) in [6, 6.07) is 0. The molecule has 0 spiro atoms. The van der Waals surface area contributed by atoms with Crippen molar-refractivity contribution in [2.45, 2.75) is 18.4 Å². The van der Waals surface area contributed by atoms with Gasteiger partial charge >= 0.3 is 0 Å². The third-order valence-electron chi connectivity index (χ3n) is 3.84. The fourth-order valence-corrected chi connectivity index (χ4v) is 2.40. The fourth-order valence-electron chi connectivity index (χ4n) is 2.40. The molecule has 110 valence electrons. The fraction of sp³-hybridized carbons (Fsp3) is 0.583. The Morgan fingerprint density at radius 2 is 2.15 bits per heavy atom. The Labute approximate surface area is 117 Å². The molecule has 4 N–H and O–H groups in total. The lowest BCUT2D eigenvalue weighted by molar-refractivity contribution is 0.0878. The first-order valence-electron chi connectivity index (χ1n) is 6.44. The molecule has 0 aliphatic carbocycles. The maximum atomic E-state index is 12.3. The van der Waals surface area contributed by atoms with Crippen LogP contribution in [0.3, 0.4) is 0 Å². The SMILES string of the molecule is CN1CCC(NC(=O)c2cncn2C)(C(N)=NO)CC1. The number of nitrogens with two attached hydrogens (primary N) is 1. The van der Waals surface area contributed by atoms with Gasteiger partial charge in [-0.25, -0.2) is 4.98 Å². The molecular weight excluding hydrogens is 260 g/mol. The number of likely N-dealkylation sites (tertiary alicyclic amines) is 1. The normalized spacial score (nSPS) is 19.8. The molecule has 2 rings (SSSR count). The van der Waals surface area contributed by atoms with Crippen LogP contribution in [0.4, 0.5) is 0 Å². The van der Waals surface area contributed by atoms with Gasteiger partial charge < -0.3 is 25.7 Å². The Morgan fingerprint density at radius 3 is 2.65 bits per heavy atom. The number of carbonyl (C=O) groups excluding carboxylic acids is 1. The molecule has 0 aromatic carbocycles. The molecule has 8 nitrogen and oxygen atoms in total. The topological polar surface area (TPSA) is 109 Å². The van der Waals surface area contributed by atoms with Gasteiger partial charge in [0.25, 0.3) is 5.91 Å². The summed E-state index contributed by atoms with van der Waals surface area (Å²) in [6.45, 7) is 1.53. The second-order valence-corrected chi connectivity index (χ2v) is 5.21. The molecule has 0 bridgehead atoms. The highest BCUT2D eigenvalue weighted by Gasteiger charge is 2.40. The summed E-state index contributed by atoms with van der Waals surface area (Å²) in [5.74, 6) is -0.234. The lowest BCUT2D eigenvalue weighted by atomic mass is 9.86. The number of nitrogens with one attached hydrogen (secondary N) is 1. The summed E-state index contributed by atoms with van der Waals surface area (Å²) >= 11 is 0. The Morgan fingerprint density at radius 1 is 1.50 bits per heavy atom. The zero-order valence-corrected chi connectivity index (χ0v) is 11.7. The number of aryl methyl sites for hydroxylation is 1. The third-order valence-corrected chi connectivity index (χ3v) is 3.84. The average Bonchev–Trinajstić information content (AvgIpc) is 2.87. The summed E-state index contributed by atoms with van der Waals surface area (Å²) in [6.07, 6.45) is 4.25. The molecule has 1 fully saturated rings. The summed E-state index contributed by atoms with van der Waals surface area (Å²) in [4.78, 5) is 18.4. The quantitative estimate of drug-likeness (QED) is 0.295. The molecule has 1 aromatic heterocycles. The highest BCUT2D eigenvalue weighted by molar-refractivity contribution is 5.99. The minimum absolute atomic E-state index is 0.0427. The number of rotatable bonds is 3. The van der Waals surface area contributed by atoms with Crippen LogP contribution in [0, 0.1) is 0 Å². The van der Waals surface area contributed by atoms with E-state index in [1.54, 1.807) is 17.9 Å². The molecule has 8 heteroatoms. The Kier molecular flexibility index (Phi) is 3.93. The van der Waals surface area contributed by atoms with Crippen molar-refractivity contribution in [2.75, 3.05) is 20.1 Å². The number of amides is 1. The van der Waals surface area contributed by atoms with Gasteiger partial charge in [-0.2, -0.15) is 0 Å². The van der Waals surface area contributed by atoms with Gasteiger partial charge in [-0.05, 0) is 19.9 Å². The second-order valence-electron chi connectivity index (χ2n) is 5.21. The van der Waals surface area contributed by atoms with Gasteiger partial charge in [-0.3, -0.25) is 4.79 Å². The Balaban J connectivity index is 2.21. The van der Waals surface area contributed by atoms with Gasteiger partial charge in [0.2, 0.25) is 0 Å². The van der Waals surface area contributed by atoms with Crippen LogP contribution in [0.5, 0.6) is 0 Å². The van der Waals surface area contributed by atoms with Gasteiger partial charge in [0.15, 0.2) is 5.84 Å². The van der Waals surface area contributed by atoms with E-state index in [0.29, 0.717) is 18.5 Å². The minimum atomic E-state index is -0.803. The van der Waals surface area contributed by atoms with Crippen molar-refractivity contribution in [3.05, 3.63) is 18.2 Å². The molecule has 2 heterocycles. The van der Waals surface area contributed by atoms with Crippen molar-refractivity contribution in [2.24, 2.45) is 17.9 Å². The molecule has 1 aliphatic heterocycles. The predicted octanol–water partition coefficient (Wildman–Crippen LogP) is -0.639. The maximum absolute atomic E-state index is 12.3. The van der Waals surface area contributed by atoms with Crippen LogP contribution in [0.15, 0.2) is 17.7 Å². The molecule has 1 amide bonds. The van der Waals surface area contributed by atoms with Gasteiger partial charge in [-0.1, -0.05) is 5.16 Å². The van der Waals surface area contributed by atoms with Crippen molar-refractivity contribution in [3.63, 3.8) is 0 Å². The Bertz CT molecular complexity index is 516. The van der Waals surface area contributed by atoms with E-state index in [0.717, 1.165) is 13.1 Å². The van der Waals surface area contributed by atoms with E-state index in [1.807, 2.05) is 7.05 Å². The van der Waals surface area contributed by atoms with Gasteiger partial charge in [0, 0.05) is 20.1 Å². The molecule has 0 saturated carbocycles. The molecular formula is C12H20N6O2. The van der Waals surface area contributed by atoms with E-state index in [-0.39, 0.29) is 11.7 Å². The predicted molar refractivity (Wildman–Crippen MR) is 73.5 cm³/mol. The first-order valence-corrected chi connectivity index (χ1v) is 6.44. The number of amidine groups is 1. The zero-order chi connectivity index (χ0) is 14.8. The van der Waals surface area contributed by atoms with Crippen LogP contribution in [-0.4, -0.2) is 57.1 Å². The molecule has 0 radical (unpaired) electrons. The summed E-state index contributed by atoms with van der Waals surface area (Å²) < 4.78 is 1.63. The van der Waals surface area contributed by atoms with Crippen molar-refractivity contribution in [1.82, 2.24) is 19.8 Å². The van der Waals surface area contributed by atoms with E-state index in [9.17, 15) is 4.79 Å². The van der Waals surface area contributed by atoms with E-state index < -0.39 is 5.54 Å². The first kappa shape index (κ1) is 14.3. The molecule has 0 atom stereocenters. The lowest BCUT2D eigenvalue weighted by Crippen LogP contribution is -2.62. The smallest absolute Gasteiger partial charge is 0.270 e. The number of carbonyl (C=O) groups is 1. The van der Waals surface area contributed by atoms with Crippen molar-refractivity contribution < 1.29 is 10.0 Å². The van der Waals surface area contributed by atoms with Crippen molar-refractivity contribution in [3.8, 4) is 0 Å². The van der Waals surface area contributed by atoms with Crippen LogP contribution < -0.4 is 11.1 Å². The van der Waals surface area contributed by atoms with Gasteiger partial charge in [-0.15, -0.1) is 0 Å². The molecule has 20 heavy (non-hydrogen) atoms. The van der Waals surface area contributed by atoms with Crippen molar-refractivity contribution in [1.29, 1.82) is 0 Å². The number of aromatic nitrogens is 2. The first-order chi connectivity index (χ1) is 9.48. The lowest BCUT2D eigenvalue weighted by Gasteiger charge is -2.40. The van der Waals surface area contributed by atoms with E-state index >= 15 is 0 Å². The van der Waals surface area contributed by atoms with Crippen LogP contribution in [0.1, 0.15) is 23.3 Å². The average molecular weight is 280 g/mol. The van der Waals surface area contributed by atoms with E-state index in [4.69, 9.17) is 10.9 Å². The zero-order valence-electron chi connectivity index (χ0n) is 11.7. The monoisotopic (exact) mass is 280 g/mol. The number of piperidine rings is 1. The van der Waals surface area contributed by atoms with Crippen LogP contribution in [0.2, 0.25) is 0 Å². The maximum Gasteiger partial charge on any atom is 0.270 e. The largest absolute Gasteiger partial charge is 0.409 e. The third kappa shape index (κ3) is 2.60. The van der Waals surface area contributed by atoms with Crippen LogP contribution in [-0.2, 0) is 7.05 Å². The molecule has 1 aliphatic rings. The molecule has 1 aromatic rings. The number of hydrogen-bond donors (Lipinski definition) is 3. The number of hydrogen-bond acceptors (Lipinski definition) is 5. The van der Waals surface area contributed by atoms with Crippen LogP contribution in [0.25, 0.3) is 0 Å². The van der Waals surface area contributed by atoms with Gasteiger partial charge in [0.05, 0.1) is 12.5 Å². The van der Waals surface area contributed by atoms with E-state index in [1.165, 1.54) is 6.20 Å². The standard InChI is InChI=1S/C12H20N6O2/c1-17-5-3-12(4-6-17,11(13)16-20)15-10(19)9-7-14-8-18(9)2/h7-8,20H,3-6H2,1-2H3,(H2,13,16)(H,15,19). The number of imidazole rings is 1. The summed E-state index contributed by atoms with van der Waals surface area (Å²) in [5, 5.41) is 15.0. The molecule has 1 saturated heterocycles. The van der Waals surface area contributed by atoms with E-state index in [2.05, 4.69) is 20.4 Å².